The standard InChI is InChI=1S/C17H19FN2O4S/c1-12(17(21)19-14-6-4-13(18)5-7-14)20(25(3,22)23)15-8-10-16(24-2)11-9-15/h4-12H,1-3H3,(H,19,21). The van der Waals surface area contributed by atoms with Crippen LogP contribution >= 0.6 is 0 Å². The molecule has 0 radical (unpaired) electrons. The number of halogens is 1. The Labute approximate surface area is 146 Å². The van der Waals surface area contributed by atoms with E-state index in [4.69, 9.17) is 4.74 Å². The Bertz CT molecular complexity index is 836. The molecule has 0 aromatic heterocycles. The van der Waals surface area contributed by atoms with Crippen LogP contribution in [-0.2, 0) is 14.8 Å². The van der Waals surface area contributed by atoms with Crippen LogP contribution in [0.5, 0.6) is 5.75 Å². The number of amides is 1. The van der Waals surface area contributed by atoms with E-state index in [-0.39, 0.29) is 0 Å². The first-order valence-corrected chi connectivity index (χ1v) is 9.27. The van der Waals surface area contributed by atoms with Crippen molar-refractivity contribution in [2.45, 2.75) is 13.0 Å². The zero-order valence-corrected chi connectivity index (χ0v) is 14.9. The van der Waals surface area contributed by atoms with Gasteiger partial charge in [-0.05, 0) is 55.5 Å². The summed E-state index contributed by atoms with van der Waals surface area (Å²) < 4.78 is 43.4. The van der Waals surface area contributed by atoms with Crippen molar-refractivity contribution in [2.24, 2.45) is 0 Å². The molecule has 8 heteroatoms. The van der Waals surface area contributed by atoms with Gasteiger partial charge in [-0.2, -0.15) is 0 Å². The highest BCUT2D eigenvalue weighted by Crippen LogP contribution is 2.24. The summed E-state index contributed by atoms with van der Waals surface area (Å²) in [4.78, 5) is 12.4. The number of anilines is 2. The summed E-state index contributed by atoms with van der Waals surface area (Å²) >= 11 is 0. The van der Waals surface area contributed by atoms with Gasteiger partial charge in [0.1, 0.15) is 17.6 Å². The van der Waals surface area contributed by atoms with E-state index in [2.05, 4.69) is 5.32 Å². The summed E-state index contributed by atoms with van der Waals surface area (Å²) in [6, 6.07) is 10.5. The first-order valence-electron chi connectivity index (χ1n) is 7.42. The van der Waals surface area contributed by atoms with Gasteiger partial charge in [0.15, 0.2) is 0 Å². The maximum atomic E-state index is 12.9. The Morgan fingerprint density at radius 3 is 2.16 bits per heavy atom. The number of hydrogen-bond donors (Lipinski definition) is 1. The molecule has 0 bridgehead atoms. The molecule has 1 amide bonds. The Morgan fingerprint density at radius 1 is 1.12 bits per heavy atom. The second-order valence-electron chi connectivity index (χ2n) is 5.43. The lowest BCUT2D eigenvalue weighted by atomic mass is 10.2. The lowest BCUT2D eigenvalue weighted by molar-refractivity contribution is -0.116. The molecule has 6 nitrogen and oxygen atoms in total. The maximum absolute atomic E-state index is 12.9. The predicted molar refractivity (Wildman–Crippen MR) is 94.8 cm³/mol. The van der Waals surface area contributed by atoms with Crippen LogP contribution in [0.2, 0.25) is 0 Å². The fourth-order valence-corrected chi connectivity index (χ4v) is 3.49. The highest BCUT2D eigenvalue weighted by atomic mass is 32.2. The minimum absolute atomic E-state index is 0.338. The number of rotatable bonds is 6. The molecule has 0 fully saturated rings. The highest BCUT2D eigenvalue weighted by molar-refractivity contribution is 7.92. The lowest BCUT2D eigenvalue weighted by Crippen LogP contribution is -2.45. The van der Waals surface area contributed by atoms with Gasteiger partial charge in [0.05, 0.1) is 19.1 Å². The van der Waals surface area contributed by atoms with Crippen LogP contribution in [0.1, 0.15) is 6.92 Å². The lowest BCUT2D eigenvalue weighted by Gasteiger charge is -2.28. The van der Waals surface area contributed by atoms with Crippen LogP contribution in [0.4, 0.5) is 15.8 Å². The summed E-state index contributed by atoms with van der Waals surface area (Å²) in [6.07, 6.45) is 1.03. The van der Waals surface area contributed by atoms with E-state index < -0.39 is 27.8 Å². The molecule has 0 aliphatic heterocycles. The van der Waals surface area contributed by atoms with E-state index in [0.29, 0.717) is 17.1 Å². The SMILES string of the molecule is COc1ccc(N(C(C)C(=O)Nc2ccc(F)cc2)S(C)(=O)=O)cc1. The van der Waals surface area contributed by atoms with Gasteiger partial charge in [-0.25, -0.2) is 12.8 Å². The van der Waals surface area contributed by atoms with Crippen molar-refractivity contribution in [1.82, 2.24) is 0 Å². The molecule has 1 N–H and O–H groups in total. The normalized spacial score (nSPS) is 12.3. The molecule has 1 unspecified atom stereocenters. The average Bonchev–Trinajstić information content (AvgIpc) is 2.56. The molecule has 2 aromatic rings. The topological polar surface area (TPSA) is 75.7 Å². The molecule has 0 spiro atoms. The summed E-state index contributed by atoms with van der Waals surface area (Å²) in [5.41, 5.74) is 0.714. The first-order chi connectivity index (χ1) is 11.7. The number of methoxy groups -OCH3 is 1. The van der Waals surface area contributed by atoms with Crippen LogP contribution in [0.3, 0.4) is 0 Å². The molecule has 2 aromatic carbocycles. The summed E-state index contributed by atoms with van der Waals surface area (Å²) in [6.45, 7) is 1.48. The number of benzene rings is 2. The highest BCUT2D eigenvalue weighted by Gasteiger charge is 2.29. The number of ether oxygens (including phenoxy) is 1. The number of nitrogens with zero attached hydrogens (tertiary/aromatic N) is 1. The maximum Gasteiger partial charge on any atom is 0.247 e. The molecular weight excluding hydrogens is 347 g/mol. The number of sulfonamides is 1. The number of hydrogen-bond acceptors (Lipinski definition) is 4. The van der Waals surface area contributed by atoms with E-state index in [1.807, 2.05) is 0 Å². The summed E-state index contributed by atoms with van der Waals surface area (Å²) in [5.74, 6) is -0.393. The second-order valence-corrected chi connectivity index (χ2v) is 7.29. The Kier molecular flexibility index (Phi) is 5.63. The van der Waals surface area contributed by atoms with Crippen LogP contribution in [-0.4, -0.2) is 33.7 Å². The first kappa shape index (κ1) is 18.7. The van der Waals surface area contributed by atoms with Gasteiger partial charge in [-0.3, -0.25) is 9.10 Å². The van der Waals surface area contributed by atoms with Crippen molar-refractivity contribution >= 4 is 27.3 Å². The third-order valence-corrected chi connectivity index (χ3v) is 4.77. The average molecular weight is 366 g/mol. The number of carbonyl (C=O) groups excluding carboxylic acids is 1. The zero-order chi connectivity index (χ0) is 18.6. The van der Waals surface area contributed by atoms with Crippen LogP contribution in [0.15, 0.2) is 48.5 Å². The molecule has 0 saturated carbocycles. The molecule has 2 rings (SSSR count). The Morgan fingerprint density at radius 2 is 1.68 bits per heavy atom. The van der Waals surface area contributed by atoms with Crippen LogP contribution in [0, 0.1) is 5.82 Å². The van der Waals surface area contributed by atoms with E-state index >= 15 is 0 Å². The summed E-state index contributed by atoms with van der Waals surface area (Å²) in [7, 11) is -2.21. The van der Waals surface area contributed by atoms with Gasteiger partial charge in [0, 0.05) is 5.69 Å². The molecule has 1 atom stereocenters. The van der Waals surface area contributed by atoms with Gasteiger partial charge < -0.3 is 10.1 Å². The van der Waals surface area contributed by atoms with Gasteiger partial charge in [-0.1, -0.05) is 0 Å². The largest absolute Gasteiger partial charge is 0.497 e. The van der Waals surface area contributed by atoms with E-state index in [0.717, 1.165) is 10.6 Å². The third-order valence-electron chi connectivity index (χ3n) is 3.53. The van der Waals surface area contributed by atoms with Crippen molar-refractivity contribution in [3.05, 3.63) is 54.3 Å². The van der Waals surface area contributed by atoms with Gasteiger partial charge in [-0.15, -0.1) is 0 Å². The number of nitrogens with one attached hydrogen (secondary N) is 1. The summed E-state index contributed by atoms with van der Waals surface area (Å²) in [5, 5.41) is 2.58. The van der Waals surface area contributed by atoms with Crippen molar-refractivity contribution in [1.29, 1.82) is 0 Å². The van der Waals surface area contributed by atoms with Crippen molar-refractivity contribution in [3.8, 4) is 5.75 Å². The minimum Gasteiger partial charge on any atom is -0.497 e. The molecule has 0 saturated heterocycles. The molecule has 0 aliphatic carbocycles. The van der Waals surface area contributed by atoms with E-state index in [9.17, 15) is 17.6 Å². The van der Waals surface area contributed by atoms with E-state index in [1.54, 1.807) is 24.3 Å². The van der Waals surface area contributed by atoms with Gasteiger partial charge in [0.2, 0.25) is 15.9 Å². The van der Waals surface area contributed by atoms with Gasteiger partial charge in [0.25, 0.3) is 0 Å². The minimum atomic E-state index is -3.71. The fraction of sp³-hybridized carbons (Fsp3) is 0.235. The Hall–Kier alpha value is -2.61. The van der Waals surface area contributed by atoms with Crippen molar-refractivity contribution in [3.63, 3.8) is 0 Å². The zero-order valence-electron chi connectivity index (χ0n) is 14.1. The molecule has 0 heterocycles. The predicted octanol–water partition coefficient (Wildman–Crippen LogP) is 2.63. The molecule has 25 heavy (non-hydrogen) atoms. The van der Waals surface area contributed by atoms with Crippen LogP contribution < -0.4 is 14.4 Å². The second kappa shape index (κ2) is 7.52. The number of carbonyl (C=O) groups is 1. The molecular formula is C17H19FN2O4S. The van der Waals surface area contributed by atoms with E-state index in [1.165, 1.54) is 38.3 Å². The van der Waals surface area contributed by atoms with Gasteiger partial charge >= 0.3 is 0 Å². The third kappa shape index (κ3) is 4.69. The fourth-order valence-electron chi connectivity index (χ4n) is 2.32. The van der Waals surface area contributed by atoms with Crippen LogP contribution in [0.25, 0.3) is 0 Å². The smallest absolute Gasteiger partial charge is 0.247 e. The van der Waals surface area contributed by atoms with Crippen molar-refractivity contribution in [2.75, 3.05) is 23.0 Å². The van der Waals surface area contributed by atoms with Crippen molar-refractivity contribution < 1.29 is 22.3 Å². The monoisotopic (exact) mass is 366 g/mol. The molecule has 0 aliphatic rings. The quantitative estimate of drug-likeness (QED) is 0.853. The molecule has 134 valence electrons. The Balaban J connectivity index is 2.27.